The fourth-order valence-electron chi connectivity index (χ4n) is 2.22. The molecule has 0 radical (unpaired) electrons. The summed E-state index contributed by atoms with van der Waals surface area (Å²) in [6, 6.07) is 7.48. The molecule has 116 valence electrons. The van der Waals surface area contributed by atoms with Crippen molar-refractivity contribution in [3.63, 3.8) is 0 Å². The van der Waals surface area contributed by atoms with Crippen LogP contribution in [0.25, 0.3) is 0 Å². The second-order valence-electron chi connectivity index (χ2n) is 4.99. The van der Waals surface area contributed by atoms with Gasteiger partial charge >= 0.3 is 6.03 Å². The standard InChI is InChI=1S/C15H18N4O3/c1-19-12(5-7-18-19)9-17-15(20)16-6-4-11-2-3-13-14(8-11)22-10-21-13/h2-3,5,7-8H,4,6,9-10H2,1H3,(H2,16,17,20). The van der Waals surface area contributed by atoms with Crippen molar-refractivity contribution in [1.82, 2.24) is 20.4 Å². The maximum atomic E-state index is 11.7. The van der Waals surface area contributed by atoms with Gasteiger partial charge in [0.25, 0.3) is 0 Å². The van der Waals surface area contributed by atoms with Crippen molar-refractivity contribution in [2.45, 2.75) is 13.0 Å². The van der Waals surface area contributed by atoms with Crippen LogP contribution in [0.2, 0.25) is 0 Å². The number of carbonyl (C=O) groups is 1. The molecule has 1 aliphatic heterocycles. The first-order valence-electron chi connectivity index (χ1n) is 7.09. The normalized spacial score (nSPS) is 12.2. The zero-order chi connectivity index (χ0) is 15.4. The molecule has 2 aromatic rings. The second-order valence-corrected chi connectivity index (χ2v) is 4.99. The van der Waals surface area contributed by atoms with Gasteiger partial charge in [0.05, 0.1) is 12.2 Å². The lowest BCUT2D eigenvalue weighted by molar-refractivity contribution is 0.174. The van der Waals surface area contributed by atoms with Gasteiger partial charge in [-0.25, -0.2) is 4.79 Å². The predicted octanol–water partition coefficient (Wildman–Crippen LogP) is 1.19. The molecule has 0 bridgehead atoms. The average molecular weight is 302 g/mol. The lowest BCUT2D eigenvalue weighted by Gasteiger charge is -2.08. The van der Waals surface area contributed by atoms with Crippen LogP contribution in [0.1, 0.15) is 11.3 Å². The van der Waals surface area contributed by atoms with Crippen molar-refractivity contribution in [3.05, 3.63) is 41.7 Å². The zero-order valence-electron chi connectivity index (χ0n) is 12.3. The molecule has 2 heterocycles. The molecule has 0 atom stereocenters. The summed E-state index contributed by atoms with van der Waals surface area (Å²) < 4.78 is 12.3. The van der Waals surface area contributed by atoms with E-state index in [0.717, 1.165) is 29.2 Å². The fraction of sp³-hybridized carbons (Fsp3) is 0.333. The number of carbonyl (C=O) groups excluding carboxylic acids is 1. The quantitative estimate of drug-likeness (QED) is 0.870. The summed E-state index contributed by atoms with van der Waals surface area (Å²) in [5.74, 6) is 1.53. The van der Waals surface area contributed by atoms with Gasteiger partial charge in [0.15, 0.2) is 11.5 Å². The van der Waals surface area contributed by atoms with E-state index in [0.29, 0.717) is 13.1 Å². The Kier molecular flexibility index (Phi) is 4.13. The zero-order valence-corrected chi connectivity index (χ0v) is 12.3. The monoisotopic (exact) mass is 302 g/mol. The van der Waals surface area contributed by atoms with Crippen LogP contribution in [0.15, 0.2) is 30.5 Å². The summed E-state index contributed by atoms with van der Waals surface area (Å²) >= 11 is 0. The number of rotatable bonds is 5. The molecular weight excluding hydrogens is 284 g/mol. The maximum Gasteiger partial charge on any atom is 0.315 e. The van der Waals surface area contributed by atoms with E-state index < -0.39 is 0 Å². The number of urea groups is 1. The molecule has 0 unspecified atom stereocenters. The SMILES string of the molecule is Cn1nccc1CNC(=O)NCCc1ccc2c(c1)OCO2. The fourth-order valence-corrected chi connectivity index (χ4v) is 2.22. The van der Waals surface area contributed by atoms with E-state index in [9.17, 15) is 4.79 Å². The molecule has 2 N–H and O–H groups in total. The van der Waals surface area contributed by atoms with E-state index >= 15 is 0 Å². The van der Waals surface area contributed by atoms with Crippen LogP contribution in [0.5, 0.6) is 11.5 Å². The van der Waals surface area contributed by atoms with Gasteiger partial charge in [-0.05, 0) is 30.2 Å². The third-order valence-electron chi connectivity index (χ3n) is 3.49. The number of ether oxygens (including phenoxy) is 2. The Balaban J connectivity index is 1.41. The topological polar surface area (TPSA) is 77.4 Å². The minimum atomic E-state index is -0.193. The highest BCUT2D eigenvalue weighted by molar-refractivity contribution is 5.73. The minimum absolute atomic E-state index is 0.193. The molecule has 0 spiro atoms. The van der Waals surface area contributed by atoms with Gasteiger partial charge in [-0.15, -0.1) is 0 Å². The van der Waals surface area contributed by atoms with Crippen LogP contribution in [0.3, 0.4) is 0 Å². The van der Waals surface area contributed by atoms with Crippen LogP contribution in [-0.4, -0.2) is 29.1 Å². The molecule has 0 fully saturated rings. The number of hydrogen-bond acceptors (Lipinski definition) is 4. The van der Waals surface area contributed by atoms with E-state index in [1.165, 1.54) is 0 Å². The van der Waals surface area contributed by atoms with Crippen LogP contribution < -0.4 is 20.1 Å². The van der Waals surface area contributed by atoms with Crippen molar-refractivity contribution < 1.29 is 14.3 Å². The van der Waals surface area contributed by atoms with Crippen LogP contribution >= 0.6 is 0 Å². The molecule has 0 aliphatic carbocycles. The van der Waals surface area contributed by atoms with Gasteiger partial charge in [-0.3, -0.25) is 4.68 Å². The number of hydrogen-bond donors (Lipinski definition) is 2. The Labute approximate surface area is 128 Å². The lowest BCUT2D eigenvalue weighted by atomic mass is 10.1. The van der Waals surface area contributed by atoms with Gasteiger partial charge in [0.1, 0.15) is 0 Å². The van der Waals surface area contributed by atoms with Crippen molar-refractivity contribution in [3.8, 4) is 11.5 Å². The molecule has 2 amide bonds. The van der Waals surface area contributed by atoms with Crippen molar-refractivity contribution in [2.75, 3.05) is 13.3 Å². The molecule has 1 aromatic heterocycles. The number of benzene rings is 1. The summed E-state index contributed by atoms with van der Waals surface area (Å²) in [5.41, 5.74) is 2.04. The first-order chi connectivity index (χ1) is 10.7. The average Bonchev–Trinajstić information content (AvgIpc) is 3.13. The molecule has 1 aliphatic rings. The van der Waals surface area contributed by atoms with Gasteiger partial charge in [-0.2, -0.15) is 5.10 Å². The maximum absolute atomic E-state index is 11.7. The van der Waals surface area contributed by atoms with Crippen LogP contribution in [-0.2, 0) is 20.0 Å². The number of fused-ring (bicyclic) bond motifs is 1. The summed E-state index contributed by atoms with van der Waals surface area (Å²) in [5, 5.41) is 9.68. The van der Waals surface area contributed by atoms with Crippen molar-refractivity contribution >= 4 is 6.03 Å². The smallest absolute Gasteiger partial charge is 0.315 e. The second kappa shape index (κ2) is 6.38. The largest absolute Gasteiger partial charge is 0.454 e. The molecule has 1 aromatic carbocycles. The number of aromatic nitrogens is 2. The summed E-state index contributed by atoms with van der Waals surface area (Å²) in [6.07, 6.45) is 2.43. The first kappa shape index (κ1) is 14.2. The van der Waals surface area contributed by atoms with Gasteiger partial charge in [0.2, 0.25) is 6.79 Å². The van der Waals surface area contributed by atoms with E-state index in [4.69, 9.17) is 9.47 Å². The van der Waals surface area contributed by atoms with E-state index in [2.05, 4.69) is 15.7 Å². The van der Waals surface area contributed by atoms with Crippen molar-refractivity contribution in [1.29, 1.82) is 0 Å². The highest BCUT2D eigenvalue weighted by atomic mass is 16.7. The number of amides is 2. The van der Waals surface area contributed by atoms with Crippen LogP contribution in [0.4, 0.5) is 4.79 Å². The Hall–Kier alpha value is -2.70. The predicted molar refractivity (Wildman–Crippen MR) is 79.7 cm³/mol. The third kappa shape index (κ3) is 3.30. The Bertz CT molecular complexity index is 669. The van der Waals surface area contributed by atoms with E-state index in [1.807, 2.05) is 31.3 Å². The Morgan fingerprint density at radius 1 is 1.27 bits per heavy atom. The lowest BCUT2D eigenvalue weighted by Crippen LogP contribution is -2.36. The molecule has 7 nitrogen and oxygen atoms in total. The van der Waals surface area contributed by atoms with Gasteiger partial charge in [-0.1, -0.05) is 6.07 Å². The van der Waals surface area contributed by atoms with E-state index in [-0.39, 0.29) is 12.8 Å². The Morgan fingerprint density at radius 3 is 2.95 bits per heavy atom. The van der Waals surface area contributed by atoms with E-state index in [1.54, 1.807) is 10.9 Å². The third-order valence-corrected chi connectivity index (χ3v) is 3.49. The highest BCUT2D eigenvalue weighted by Gasteiger charge is 2.13. The van der Waals surface area contributed by atoms with Gasteiger partial charge in [0, 0.05) is 19.8 Å². The molecule has 7 heteroatoms. The molecule has 0 saturated carbocycles. The molecular formula is C15H18N4O3. The molecule has 3 rings (SSSR count). The summed E-state index contributed by atoms with van der Waals surface area (Å²) in [6.45, 7) is 1.27. The number of nitrogens with zero attached hydrogens (tertiary/aromatic N) is 2. The van der Waals surface area contributed by atoms with Gasteiger partial charge < -0.3 is 20.1 Å². The first-order valence-corrected chi connectivity index (χ1v) is 7.09. The number of nitrogens with one attached hydrogen (secondary N) is 2. The number of aryl methyl sites for hydroxylation is 1. The summed E-state index contributed by atoms with van der Waals surface area (Å²) in [7, 11) is 1.84. The highest BCUT2D eigenvalue weighted by Crippen LogP contribution is 2.32. The Morgan fingerprint density at radius 2 is 2.14 bits per heavy atom. The van der Waals surface area contributed by atoms with Crippen LogP contribution in [0, 0.1) is 0 Å². The molecule has 0 saturated heterocycles. The molecule has 22 heavy (non-hydrogen) atoms. The summed E-state index contributed by atoms with van der Waals surface area (Å²) in [4.78, 5) is 11.7. The minimum Gasteiger partial charge on any atom is -0.454 e. The van der Waals surface area contributed by atoms with Crippen molar-refractivity contribution in [2.24, 2.45) is 7.05 Å².